The summed E-state index contributed by atoms with van der Waals surface area (Å²) >= 11 is 0. The topological polar surface area (TPSA) is 78.5 Å². The lowest BCUT2D eigenvalue weighted by Crippen LogP contribution is -2.53. The van der Waals surface area contributed by atoms with Crippen molar-refractivity contribution >= 4 is 17.7 Å². The molecule has 0 aliphatic carbocycles. The fourth-order valence-corrected chi connectivity index (χ4v) is 3.60. The highest BCUT2D eigenvalue weighted by atomic mass is 19.1. The van der Waals surface area contributed by atoms with Crippen molar-refractivity contribution in [1.82, 2.24) is 15.5 Å². The second-order valence-electron chi connectivity index (χ2n) is 7.52. The van der Waals surface area contributed by atoms with E-state index in [0.717, 1.165) is 5.56 Å². The van der Waals surface area contributed by atoms with Gasteiger partial charge in [0, 0.05) is 38.0 Å². The molecule has 1 heterocycles. The van der Waals surface area contributed by atoms with E-state index in [1.54, 1.807) is 29.2 Å². The average molecular weight is 411 g/mol. The van der Waals surface area contributed by atoms with Crippen molar-refractivity contribution in [1.29, 1.82) is 0 Å². The lowest BCUT2D eigenvalue weighted by Gasteiger charge is -2.33. The maximum Gasteiger partial charge on any atom is 0.253 e. The summed E-state index contributed by atoms with van der Waals surface area (Å²) in [4.78, 5) is 38.7. The van der Waals surface area contributed by atoms with Crippen LogP contribution in [-0.2, 0) is 16.0 Å². The Bertz CT molecular complexity index is 878. The summed E-state index contributed by atoms with van der Waals surface area (Å²) < 4.78 is 13.1. The largest absolute Gasteiger partial charge is 0.351 e. The van der Waals surface area contributed by atoms with Gasteiger partial charge in [-0.05, 0) is 42.7 Å². The van der Waals surface area contributed by atoms with Gasteiger partial charge >= 0.3 is 0 Å². The van der Waals surface area contributed by atoms with Crippen LogP contribution in [0.4, 0.5) is 4.39 Å². The molecule has 1 unspecified atom stereocenters. The van der Waals surface area contributed by atoms with Gasteiger partial charge in [-0.1, -0.05) is 30.3 Å². The van der Waals surface area contributed by atoms with E-state index < -0.39 is 6.04 Å². The number of amides is 3. The van der Waals surface area contributed by atoms with Gasteiger partial charge in [-0.15, -0.1) is 0 Å². The number of carbonyl (C=O) groups excluding carboxylic acids is 3. The molecule has 0 bridgehead atoms. The summed E-state index contributed by atoms with van der Waals surface area (Å²) in [5.41, 5.74) is 1.42. The molecule has 2 aromatic rings. The van der Waals surface area contributed by atoms with Crippen LogP contribution in [0.1, 0.15) is 35.7 Å². The molecule has 2 aromatic carbocycles. The van der Waals surface area contributed by atoms with E-state index in [1.807, 2.05) is 18.2 Å². The maximum absolute atomic E-state index is 13.1. The quantitative estimate of drug-likeness (QED) is 0.766. The van der Waals surface area contributed by atoms with Crippen molar-refractivity contribution in [3.8, 4) is 0 Å². The maximum atomic E-state index is 13.1. The molecule has 1 aliphatic rings. The number of carbonyl (C=O) groups is 3. The summed E-state index contributed by atoms with van der Waals surface area (Å²) in [6, 6.07) is 14.2. The molecular formula is C23H26FN3O3. The minimum absolute atomic E-state index is 0.00666. The minimum Gasteiger partial charge on any atom is -0.351 e. The first kappa shape index (κ1) is 21.5. The third kappa shape index (κ3) is 5.89. The summed E-state index contributed by atoms with van der Waals surface area (Å²) in [7, 11) is 0. The molecule has 7 heteroatoms. The molecule has 0 radical (unpaired) electrons. The zero-order valence-corrected chi connectivity index (χ0v) is 16.9. The zero-order valence-electron chi connectivity index (χ0n) is 16.9. The van der Waals surface area contributed by atoms with Gasteiger partial charge in [-0.2, -0.15) is 0 Å². The molecule has 6 nitrogen and oxygen atoms in total. The Labute approximate surface area is 175 Å². The number of benzene rings is 2. The van der Waals surface area contributed by atoms with Crippen LogP contribution in [0.25, 0.3) is 0 Å². The monoisotopic (exact) mass is 411 g/mol. The Balaban J connectivity index is 1.55. The fraction of sp³-hybridized carbons (Fsp3) is 0.348. The normalized spacial score (nSPS) is 15.3. The van der Waals surface area contributed by atoms with Crippen LogP contribution in [0.15, 0.2) is 54.6 Å². The number of halogens is 1. The fourth-order valence-electron chi connectivity index (χ4n) is 3.60. The van der Waals surface area contributed by atoms with E-state index in [4.69, 9.17) is 0 Å². The van der Waals surface area contributed by atoms with Gasteiger partial charge in [0.15, 0.2) is 0 Å². The lowest BCUT2D eigenvalue weighted by atomic mass is 10.0. The number of rotatable bonds is 6. The van der Waals surface area contributed by atoms with E-state index in [2.05, 4.69) is 10.6 Å². The minimum atomic E-state index is -0.739. The lowest BCUT2D eigenvalue weighted by molar-refractivity contribution is -0.128. The van der Waals surface area contributed by atoms with Crippen LogP contribution >= 0.6 is 0 Å². The number of hydrogen-bond donors (Lipinski definition) is 2. The molecule has 1 fully saturated rings. The van der Waals surface area contributed by atoms with Crippen LogP contribution in [-0.4, -0.2) is 47.8 Å². The highest BCUT2D eigenvalue weighted by Gasteiger charge is 2.27. The molecule has 0 spiro atoms. The van der Waals surface area contributed by atoms with E-state index in [9.17, 15) is 18.8 Å². The van der Waals surface area contributed by atoms with E-state index in [1.165, 1.54) is 19.1 Å². The third-order valence-corrected chi connectivity index (χ3v) is 5.20. The molecule has 30 heavy (non-hydrogen) atoms. The number of piperidine rings is 1. The van der Waals surface area contributed by atoms with Gasteiger partial charge in [0.05, 0.1) is 0 Å². The summed E-state index contributed by atoms with van der Waals surface area (Å²) in [6.45, 7) is 2.47. The summed E-state index contributed by atoms with van der Waals surface area (Å²) in [5.74, 6) is -0.938. The number of likely N-dealkylation sites (tertiary alicyclic amines) is 1. The second-order valence-corrected chi connectivity index (χ2v) is 7.52. The first-order valence-electron chi connectivity index (χ1n) is 10.1. The molecule has 0 aromatic heterocycles. The Hall–Kier alpha value is -3.22. The molecule has 0 saturated carbocycles. The van der Waals surface area contributed by atoms with Gasteiger partial charge in [-0.3, -0.25) is 14.4 Å². The van der Waals surface area contributed by atoms with E-state index in [0.29, 0.717) is 31.5 Å². The van der Waals surface area contributed by atoms with Gasteiger partial charge in [0.25, 0.3) is 5.91 Å². The molecule has 2 N–H and O–H groups in total. The molecule has 1 saturated heterocycles. The predicted molar refractivity (Wildman–Crippen MR) is 111 cm³/mol. The smallest absolute Gasteiger partial charge is 0.253 e. The zero-order chi connectivity index (χ0) is 21.5. The van der Waals surface area contributed by atoms with E-state index >= 15 is 0 Å². The van der Waals surface area contributed by atoms with Crippen molar-refractivity contribution in [3.63, 3.8) is 0 Å². The Morgan fingerprint density at radius 3 is 2.27 bits per heavy atom. The van der Waals surface area contributed by atoms with Gasteiger partial charge in [0.1, 0.15) is 11.9 Å². The van der Waals surface area contributed by atoms with Crippen molar-refractivity contribution in [2.45, 2.75) is 38.3 Å². The molecule has 1 aliphatic heterocycles. The van der Waals surface area contributed by atoms with Gasteiger partial charge < -0.3 is 15.5 Å². The number of nitrogens with one attached hydrogen (secondary N) is 2. The van der Waals surface area contributed by atoms with E-state index in [-0.39, 0.29) is 36.0 Å². The first-order valence-corrected chi connectivity index (χ1v) is 10.1. The summed E-state index contributed by atoms with van der Waals surface area (Å²) in [5, 5.41) is 5.66. The first-order chi connectivity index (χ1) is 14.4. The SMILES string of the molecule is CC(=O)NC(Cc1ccc(F)cc1)C(=O)NC1CCN(C(=O)c2ccccc2)CC1. The van der Waals surface area contributed by atoms with Crippen LogP contribution in [0.3, 0.4) is 0 Å². The molecule has 3 rings (SSSR count). The van der Waals surface area contributed by atoms with Crippen LogP contribution in [0.5, 0.6) is 0 Å². The Morgan fingerprint density at radius 2 is 1.67 bits per heavy atom. The molecule has 158 valence electrons. The Kier molecular flexibility index (Phi) is 7.17. The number of nitrogens with zero attached hydrogens (tertiary/aromatic N) is 1. The van der Waals surface area contributed by atoms with Gasteiger partial charge in [-0.25, -0.2) is 4.39 Å². The highest BCUT2D eigenvalue weighted by molar-refractivity contribution is 5.94. The van der Waals surface area contributed by atoms with Crippen molar-refractivity contribution in [2.24, 2.45) is 0 Å². The highest BCUT2D eigenvalue weighted by Crippen LogP contribution is 2.15. The van der Waals surface area contributed by atoms with Crippen molar-refractivity contribution in [2.75, 3.05) is 13.1 Å². The molecule has 1 atom stereocenters. The standard InChI is InChI=1S/C23H26FN3O3/c1-16(28)25-21(15-17-7-9-19(24)10-8-17)22(29)26-20-11-13-27(14-12-20)23(30)18-5-3-2-4-6-18/h2-10,20-21H,11-15H2,1H3,(H,25,28)(H,26,29). The second kappa shape index (κ2) is 10.0. The third-order valence-electron chi connectivity index (χ3n) is 5.20. The molecule has 3 amide bonds. The van der Waals surface area contributed by atoms with Crippen molar-refractivity contribution < 1.29 is 18.8 Å². The van der Waals surface area contributed by atoms with Crippen LogP contribution < -0.4 is 10.6 Å². The van der Waals surface area contributed by atoms with Crippen LogP contribution in [0.2, 0.25) is 0 Å². The number of hydrogen-bond acceptors (Lipinski definition) is 3. The van der Waals surface area contributed by atoms with Crippen molar-refractivity contribution in [3.05, 3.63) is 71.5 Å². The predicted octanol–water partition coefficient (Wildman–Crippen LogP) is 2.29. The average Bonchev–Trinajstić information content (AvgIpc) is 2.75. The van der Waals surface area contributed by atoms with Gasteiger partial charge in [0.2, 0.25) is 11.8 Å². The Morgan fingerprint density at radius 1 is 1.03 bits per heavy atom. The van der Waals surface area contributed by atoms with Crippen LogP contribution in [0, 0.1) is 5.82 Å². The summed E-state index contributed by atoms with van der Waals surface area (Å²) in [6.07, 6.45) is 1.57. The molecular weight excluding hydrogens is 385 g/mol.